The first kappa shape index (κ1) is 16.5. The summed E-state index contributed by atoms with van der Waals surface area (Å²) in [5.74, 6) is 0.144. The van der Waals surface area contributed by atoms with Crippen LogP contribution in [0.25, 0.3) is 0 Å². The van der Waals surface area contributed by atoms with Crippen LogP contribution in [-0.4, -0.2) is 22.3 Å². The number of halogens is 1. The van der Waals surface area contributed by atoms with Crippen molar-refractivity contribution in [3.63, 3.8) is 0 Å². The molecule has 23 heavy (non-hydrogen) atoms. The molecule has 0 atom stereocenters. The van der Waals surface area contributed by atoms with Gasteiger partial charge in [-0.05, 0) is 18.2 Å². The Labute approximate surface area is 136 Å². The van der Waals surface area contributed by atoms with Crippen molar-refractivity contribution in [1.29, 1.82) is 5.26 Å². The average molecular weight is 334 g/mol. The van der Waals surface area contributed by atoms with E-state index in [2.05, 4.69) is 0 Å². The van der Waals surface area contributed by atoms with E-state index in [1.165, 1.54) is 23.3 Å². The fourth-order valence-corrected chi connectivity index (χ4v) is 2.25. The van der Waals surface area contributed by atoms with Gasteiger partial charge in [-0.15, -0.1) is 0 Å². The van der Waals surface area contributed by atoms with Crippen molar-refractivity contribution in [2.75, 3.05) is 6.54 Å². The van der Waals surface area contributed by atoms with Crippen molar-refractivity contribution < 1.29 is 14.1 Å². The predicted octanol–water partition coefficient (Wildman–Crippen LogP) is 3.40. The highest BCUT2D eigenvalue weighted by Crippen LogP contribution is 2.24. The van der Waals surface area contributed by atoms with Gasteiger partial charge >= 0.3 is 0 Å². The number of nitrogens with zero attached hydrogens (tertiary/aromatic N) is 3. The van der Waals surface area contributed by atoms with E-state index in [9.17, 15) is 14.9 Å². The Morgan fingerprint density at radius 2 is 2.22 bits per heavy atom. The molecule has 0 saturated carbocycles. The zero-order chi connectivity index (χ0) is 16.8. The van der Waals surface area contributed by atoms with Crippen molar-refractivity contribution in [2.45, 2.75) is 13.0 Å². The van der Waals surface area contributed by atoms with Gasteiger partial charge in [0.2, 0.25) is 0 Å². The third kappa shape index (κ3) is 4.08. The predicted molar refractivity (Wildman–Crippen MR) is 81.8 cm³/mol. The van der Waals surface area contributed by atoms with E-state index in [1.807, 2.05) is 6.07 Å². The van der Waals surface area contributed by atoms with Gasteiger partial charge in [-0.3, -0.25) is 14.9 Å². The van der Waals surface area contributed by atoms with E-state index in [1.54, 1.807) is 12.1 Å². The van der Waals surface area contributed by atoms with Gasteiger partial charge < -0.3 is 9.32 Å². The molecule has 2 rings (SSSR count). The van der Waals surface area contributed by atoms with Crippen LogP contribution in [0.3, 0.4) is 0 Å². The van der Waals surface area contributed by atoms with E-state index < -0.39 is 10.8 Å². The molecule has 0 fully saturated rings. The minimum absolute atomic E-state index is 0.00870. The van der Waals surface area contributed by atoms with E-state index in [0.717, 1.165) is 6.07 Å². The Morgan fingerprint density at radius 3 is 2.78 bits per heavy atom. The van der Waals surface area contributed by atoms with Crippen molar-refractivity contribution in [3.8, 4) is 6.07 Å². The maximum atomic E-state index is 12.6. The Kier molecular flexibility index (Phi) is 5.33. The lowest BCUT2D eigenvalue weighted by molar-refractivity contribution is -0.384. The number of nitro groups is 1. The summed E-state index contributed by atoms with van der Waals surface area (Å²) >= 11 is 5.99. The molecule has 118 valence electrons. The number of nitriles is 1. The lowest BCUT2D eigenvalue weighted by Gasteiger charge is -2.21. The summed E-state index contributed by atoms with van der Waals surface area (Å²) in [5, 5.41) is 19.4. The first-order chi connectivity index (χ1) is 11.0. The topological polar surface area (TPSA) is 100 Å². The molecule has 1 amide bonds. The monoisotopic (exact) mass is 333 g/mol. The largest absolute Gasteiger partial charge is 0.467 e. The lowest BCUT2D eigenvalue weighted by atomic mass is 10.1. The average Bonchev–Trinajstić information content (AvgIpc) is 3.03. The molecule has 7 nitrogen and oxygen atoms in total. The zero-order valence-corrected chi connectivity index (χ0v) is 12.7. The summed E-state index contributed by atoms with van der Waals surface area (Å²) in [4.78, 5) is 24.1. The first-order valence-electron chi connectivity index (χ1n) is 6.65. The maximum absolute atomic E-state index is 12.6. The summed E-state index contributed by atoms with van der Waals surface area (Å²) in [6.07, 6.45) is 1.64. The maximum Gasteiger partial charge on any atom is 0.270 e. The van der Waals surface area contributed by atoms with Crippen LogP contribution in [0.4, 0.5) is 5.69 Å². The number of amides is 1. The van der Waals surface area contributed by atoms with Crippen molar-refractivity contribution in [1.82, 2.24) is 4.90 Å². The Hall–Kier alpha value is -2.85. The van der Waals surface area contributed by atoms with Gasteiger partial charge in [0.05, 0.1) is 40.8 Å². The summed E-state index contributed by atoms with van der Waals surface area (Å²) in [6.45, 7) is 0.379. The molecule has 0 radical (unpaired) electrons. The normalized spacial score (nSPS) is 10.1. The standard InChI is InChI=1S/C15H12ClN3O4/c16-14-9-11(19(21)22)4-5-13(14)15(20)18(7-2-6-17)10-12-3-1-8-23-12/h1,3-5,8-9H,2,7,10H2. The number of non-ortho nitro benzene ring substituents is 1. The molecule has 0 aliphatic heterocycles. The van der Waals surface area contributed by atoms with Gasteiger partial charge in [0.15, 0.2) is 0 Å². The van der Waals surface area contributed by atoms with Crippen LogP contribution in [0, 0.1) is 21.4 Å². The molecule has 0 aliphatic carbocycles. The smallest absolute Gasteiger partial charge is 0.270 e. The highest BCUT2D eigenvalue weighted by molar-refractivity contribution is 6.34. The van der Waals surface area contributed by atoms with Gasteiger partial charge in [-0.1, -0.05) is 11.6 Å². The van der Waals surface area contributed by atoms with E-state index in [4.69, 9.17) is 21.3 Å². The van der Waals surface area contributed by atoms with Gasteiger partial charge in [0, 0.05) is 18.7 Å². The SMILES string of the molecule is N#CCCN(Cc1ccco1)C(=O)c1ccc([N+](=O)[O-])cc1Cl. The molecule has 0 N–H and O–H groups in total. The third-order valence-electron chi connectivity index (χ3n) is 3.10. The van der Waals surface area contributed by atoms with Crippen LogP contribution >= 0.6 is 11.6 Å². The number of carbonyl (C=O) groups excluding carboxylic acids is 1. The van der Waals surface area contributed by atoms with Gasteiger partial charge in [0.1, 0.15) is 5.76 Å². The molecule has 0 saturated heterocycles. The van der Waals surface area contributed by atoms with Gasteiger partial charge in [0.25, 0.3) is 11.6 Å². The van der Waals surface area contributed by atoms with Crippen molar-refractivity contribution in [2.24, 2.45) is 0 Å². The van der Waals surface area contributed by atoms with Crippen molar-refractivity contribution in [3.05, 3.63) is 63.1 Å². The first-order valence-corrected chi connectivity index (χ1v) is 7.03. The summed E-state index contributed by atoms with van der Waals surface area (Å²) in [5.41, 5.74) is -0.0528. The Bertz CT molecular complexity index is 753. The molecule has 0 spiro atoms. The summed E-state index contributed by atoms with van der Waals surface area (Å²) in [6, 6.07) is 9.04. The number of hydrogen-bond acceptors (Lipinski definition) is 5. The molecule has 8 heteroatoms. The molecule has 1 aromatic heterocycles. The molecule has 0 bridgehead atoms. The minimum atomic E-state index is -0.587. The second-order valence-corrected chi connectivity index (χ2v) is 5.04. The fraction of sp³-hybridized carbons (Fsp3) is 0.200. The molecule has 1 aromatic carbocycles. The van der Waals surface area contributed by atoms with E-state index in [0.29, 0.717) is 5.76 Å². The van der Waals surface area contributed by atoms with Crippen LogP contribution in [-0.2, 0) is 6.54 Å². The number of nitro benzene ring substituents is 1. The molecular formula is C15H12ClN3O4. The molecule has 2 aromatic rings. The minimum Gasteiger partial charge on any atom is -0.467 e. The number of hydrogen-bond donors (Lipinski definition) is 0. The lowest BCUT2D eigenvalue weighted by Crippen LogP contribution is -2.31. The Morgan fingerprint density at radius 1 is 1.43 bits per heavy atom. The van der Waals surface area contributed by atoms with E-state index in [-0.39, 0.29) is 35.8 Å². The summed E-state index contributed by atoms with van der Waals surface area (Å²) in [7, 11) is 0. The summed E-state index contributed by atoms with van der Waals surface area (Å²) < 4.78 is 5.21. The van der Waals surface area contributed by atoms with E-state index >= 15 is 0 Å². The second kappa shape index (κ2) is 7.42. The molecular weight excluding hydrogens is 322 g/mol. The number of carbonyl (C=O) groups is 1. The van der Waals surface area contributed by atoms with Crippen LogP contribution < -0.4 is 0 Å². The molecule has 0 unspecified atom stereocenters. The quantitative estimate of drug-likeness (QED) is 0.595. The van der Waals surface area contributed by atoms with Gasteiger partial charge in [-0.25, -0.2) is 0 Å². The third-order valence-corrected chi connectivity index (χ3v) is 3.41. The zero-order valence-electron chi connectivity index (χ0n) is 11.9. The van der Waals surface area contributed by atoms with Crippen LogP contribution in [0.5, 0.6) is 0 Å². The van der Waals surface area contributed by atoms with Gasteiger partial charge in [-0.2, -0.15) is 5.26 Å². The molecule has 1 heterocycles. The van der Waals surface area contributed by atoms with Crippen molar-refractivity contribution >= 4 is 23.2 Å². The fourth-order valence-electron chi connectivity index (χ4n) is 1.99. The highest BCUT2D eigenvalue weighted by atomic mass is 35.5. The van der Waals surface area contributed by atoms with Crippen LogP contribution in [0.15, 0.2) is 41.0 Å². The number of benzene rings is 1. The number of furan rings is 1. The Balaban J connectivity index is 2.25. The highest BCUT2D eigenvalue weighted by Gasteiger charge is 2.21. The van der Waals surface area contributed by atoms with Crippen LogP contribution in [0.2, 0.25) is 5.02 Å². The number of rotatable bonds is 6. The molecule has 0 aliphatic rings. The van der Waals surface area contributed by atoms with Crippen LogP contribution in [0.1, 0.15) is 22.5 Å². The second-order valence-electron chi connectivity index (χ2n) is 4.64.